The number of nitrogens with two attached hydrogens (primary N) is 2. The topological polar surface area (TPSA) is 111 Å². The number of nitrogen functional groups attached to an aromatic ring is 1. The van der Waals surface area contributed by atoms with E-state index in [0.29, 0.717) is 11.9 Å². The highest BCUT2D eigenvalue weighted by Gasteiger charge is 2.31. The first-order chi connectivity index (χ1) is 10.1. The van der Waals surface area contributed by atoms with Gasteiger partial charge in [0.05, 0.1) is 16.1 Å². The van der Waals surface area contributed by atoms with E-state index in [1.54, 1.807) is 0 Å². The summed E-state index contributed by atoms with van der Waals surface area (Å²) in [5.41, 5.74) is 4.86. The van der Waals surface area contributed by atoms with Gasteiger partial charge in [0.15, 0.2) is 0 Å². The van der Waals surface area contributed by atoms with Crippen molar-refractivity contribution < 1.29 is 21.6 Å². The Morgan fingerprint density at radius 2 is 1.73 bits per heavy atom. The molecule has 0 saturated carbocycles. The van der Waals surface area contributed by atoms with Crippen LogP contribution in [0.5, 0.6) is 0 Å². The van der Waals surface area contributed by atoms with Crippen LogP contribution in [0.15, 0.2) is 41.4 Å². The van der Waals surface area contributed by atoms with Crippen molar-refractivity contribution in [3.05, 3.63) is 42.1 Å². The number of pyridine rings is 1. The summed E-state index contributed by atoms with van der Waals surface area (Å²) in [6, 6.07) is 5.94. The quantitative estimate of drug-likeness (QED) is 0.797. The van der Waals surface area contributed by atoms with Gasteiger partial charge in [0.25, 0.3) is 0 Å². The first-order valence-corrected chi connectivity index (χ1v) is 7.34. The van der Waals surface area contributed by atoms with Crippen LogP contribution in [0.4, 0.5) is 30.4 Å². The van der Waals surface area contributed by atoms with Crippen LogP contribution in [0.3, 0.4) is 0 Å². The molecule has 1 heterocycles. The fourth-order valence-electron chi connectivity index (χ4n) is 1.61. The number of hydrogen-bond acceptors (Lipinski definition) is 5. The number of nitrogens with one attached hydrogen (secondary N) is 1. The van der Waals surface area contributed by atoms with Gasteiger partial charge in [-0.2, -0.15) is 13.2 Å². The second-order valence-corrected chi connectivity index (χ2v) is 5.91. The number of sulfonamides is 1. The molecule has 0 fully saturated rings. The lowest BCUT2D eigenvalue weighted by Gasteiger charge is -2.12. The van der Waals surface area contributed by atoms with Crippen molar-refractivity contribution in [1.82, 2.24) is 4.98 Å². The van der Waals surface area contributed by atoms with Crippen molar-refractivity contribution in [2.24, 2.45) is 5.14 Å². The molecule has 118 valence electrons. The zero-order valence-corrected chi connectivity index (χ0v) is 11.7. The van der Waals surface area contributed by atoms with Gasteiger partial charge in [0.1, 0.15) is 5.82 Å². The molecule has 5 N–H and O–H groups in total. The lowest BCUT2D eigenvalue weighted by molar-refractivity contribution is -0.137. The molecule has 1 aromatic heterocycles. The van der Waals surface area contributed by atoms with Gasteiger partial charge in [-0.15, -0.1) is 0 Å². The molecule has 22 heavy (non-hydrogen) atoms. The molecule has 0 radical (unpaired) electrons. The maximum Gasteiger partial charge on any atom is 0.417 e. The van der Waals surface area contributed by atoms with E-state index in [1.807, 2.05) is 0 Å². The second kappa shape index (κ2) is 5.46. The Kier molecular flexibility index (Phi) is 3.98. The number of primary sulfonamides is 1. The van der Waals surface area contributed by atoms with E-state index in [-0.39, 0.29) is 16.4 Å². The highest BCUT2D eigenvalue weighted by atomic mass is 32.2. The maximum absolute atomic E-state index is 12.6. The minimum atomic E-state index is -4.55. The molecular weight excluding hydrogens is 321 g/mol. The third-order valence-corrected chi connectivity index (χ3v) is 3.64. The Morgan fingerprint density at radius 1 is 1.14 bits per heavy atom. The van der Waals surface area contributed by atoms with Gasteiger partial charge in [-0.3, -0.25) is 0 Å². The molecule has 2 aromatic rings. The minimum Gasteiger partial charge on any atom is -0.382 e. The van der Waals surface area contributed by atoms with E-state index in [1.165, 1.54) is 24.3 Å². The smallest absolute Gasteiger partial charge is 0.382 e. The number of rotatable bonds is 3. The van der Waals surface area contributed by atoms with Gasteiger partial charge >= 0.3 is 6.18 Å². The number of anilines is 3. The highest BCUT2D eigenvalue weighted by Crippen LogP contribution is 2.32. The Balaban J connectivity index is 2.31. The molecule has 0 atom stereocenters. The number of benzene rings is 1. The fraction of sp³-hybridized carbons (Fsp3) is 0.0833. The zero-order valence-electron chi connectivity index (χ0n) is 10.9. The van der Waals surface area contributed by atoms with E-state index in [4.69, 9.17) is 10.9 Å². The number of hydrogen-bond donors (Lipinski definition) is 3. The molecule has 1 aromatic carbocycles. The van der Waals surface area contributed by atoms with E-state index in [0.717, 1.165) is 6.07 Å². The lowest BCUT2D eigenvalue weighted by atomic mass is 10.2. The lowest BCUT2D eigenvalue weighted by Crippen LogP contribution is -2.12. The summed E-state index contributed by atoms with van der Waals surface area (Å²) in [5, 5.41) is 7.59. The average molecular weight is 332 g/mol. The Hall–Kier alpha value is -2.33. The third-order valence-electron chi connectivity index (χ3n) is 2.71. The van der Waals surface area contributed by atoms with Crippen molar-refractivity contribution in [3.63, 3.8) is 0 Å². The molecule has 0 unspecified atom stereocenters. The van der Waals surface area contributed by atoms with Crippen LogP contribution in [0.1, 0.15) is 5.56 Å². The molecule has 6 nitrogen and oxygen atoms in total. The number of aromatic nitrogens is 1. The van der Waals surface area contributed by atoms with Crippen molar-refractivity contribution in [2.45, 2.75) is 11.1 Å². The molecule has 0 aliphatic rings. The molecule has 10 heteroatoms. The van der Waals surface area contributed by atoms with Crippen LogP contribution in [0.2, 0.25) is 0 Å². The molecule has 0 bridgehead atoms. The zero-order chi connectivity index (χ0) is 16.5. The largest absolute Gasteiger partial charge is 0.417 e. The SMILES string of the molecule is Nc1ncc(C(F)(F)F)cc1Nc1ccc(S(N)(=O)=O)cc1. The average Bonchev–Trinajstić information content (AvgIpc) is 2.39. The van der Waals surface area contributed by atoms with Crippen LogP contribution < -0.4 is 16.2 Å². The minimum absolute atomic E-state index is 0.0434. The summed E-state index contributed by atoms with van der Waals surface area (Å²) in [6.45, 7) is 0. The monoisotopic (exact) mass is 332 g/mol. The predicted molar refractivity (Wildman–Crippen MR) is 74.7 cm³/mol. The normalized spacial score (nSPS) is 12.2. The summed E-state index contributed by atoms with van der Waals surface area (Å²) < 4.78 is 60.1. The molecule has 0 spiro atoms. The maximum atomic E-state index is 12.6. The molecule has 2 rings (SSSR count). The predicted octanol–water partition coefficient (Wildman–Crippen LogP) is 2.07. The standard InChI is InChI=1S/C12H11F3N4O2S/c13-12(14,15)7-5-10(11(16)18-6-7)19-8-1-3-9(4-2-8)22(17,20)21/h1-6,19H,(H2,16,18)(H2,17,20,21). The Labute approximate surface area is 124 Å². The van der Waals surface area contributed by atoms with Crippen LogP contribution in [-0.4, -0.2) is 13.4 Å². The van der Waals surface area contributed by atoms with Crippen molar-refractivity contribution in [2.75, 3.05) is 11.1 Å². The molecule has 0 amide bonds. The highest BCUT2D eigenvalue weighted by molar-refractivity contribution is 7.89. The second-order valence-electron chi connectivity index (χ2n) is 4.35. The first kappa shape index (κ1) is 16.0. The van der Waals surface area contributed by atoms with Crippen molar-refractivity contribution >= 4 is 27.2 Å². The molecule has 0 aliphatic carbocycles. The summed E-state index contributed by atoms with van der Waals surface area (Å²) in [5.74, 6) is -0.122. The molecular formula is C12H11F3N4O2S. The van der Waals surface area contributed by atoms with Crippen molar-refractivity contribution in [3.8, 4) is 0 Å². The Bertz CT molecular complexity index is 789. The van der Waals surface area contributed by atoms with Gasteiger partial charge in [0, 0.05) is 11.9 Å². The summed E-state index contributed by atoms with van der Waals surface area (Å²) in [6.07, 6.45) is -3.92. The van der Waals surface area contributed by atoms with Gasteiger partial charge in [0.2, 0.25) is 10.0 Å². The van der Waals surface area contributed by atoms with Gasteiger partial charge < -0.3 is 11.1 Å². The van der Waals surface area contributed by atoms with E-state index in [2.05, 4.69) is 10.3 Å². The fourth-order valence-corrected chi connectivity index (χ4v) is 2.13. The van der Waals surface area contributed by atoms with Crippen molar-refractivity contribution in [1.29, 1.82) is 0 Å². The molecule has 0 saturated heterocycles. The van der Waals surface area contributed by atoms with Crippen LogP contribution in [0, 0.1) is 0 Å². The van der Waals surface area contributed by atoms with E-state index < -0.39 is 21.8 Å². The molecule has 0 aliphatic heterocycles. The van der Waals surface area contributed by atoms with E-state index >= 15 is 0 Å². The van der Waals surface area contributed by atoms with E-state index in [9.17, 15) is 21.6 Å². The Morgan fingerprint density at radius 3 is 2.23 bits per heavy atom. The summed E-state index contributed by atoms with van der Waals surface area (Å²) >= 11 is 0. The number of alkyl halides is 3. The van der Waals surface area contributed by atoms with Gasteiger partial charge in [-0.05, 0) is 30.3 Å². The number of nitrogens with zero attached hydrogens (tertiary/aromatic N) is 1. The third kappa shape index (κ3) is 3.65. The van der Waals surface area contributed by atoms with Crippen LogP contribution in [-0.2, 0) is 16.2 Å². The summed E-state index contributed by atoms with van der Waals surface area (Å²) in [7, 11) is -3.84. The van der Waals surface area contributed by atoms with Gasteiger partial charge in [-0.25, -0.2) is 18.5 Å². The van der Waals surface area contributed by atoms with Crippen LogP contribution in [0.25, 0.3) is 0 Å². The number of halogens is 3. The summed E-state index contributed by atoms with van der Waals surface area (Å²) in [4.78, 5) is 3.36. The first-order valence-electron chi connectivity index (χ1n) is 5.80. The van der Waals surface area contributed by atoms with Crippen LogP contribution >= 0.6 is 0 Å². The van der Waals surface area contributed by atoms with Gasteiger partial charge in [-0.1, -0.05) is 0 Å².